The maximum atomic E-state index is 5.75. The van der Waals surface area contributed by atoms with Crippen molar-refractivity contribution >= 4 is 22.4 Å². The molecule has 94 valence electrons. The lowest BCUT2D eigenvalue weighted by molar-refractivity contribution is 0.948. The second-order valence-electron chi connectivity index (χ2n) is 4.32. The monoisotopic (exact) mass is 268 g/mol. The third kappa shape index (κ3) is 2.45. The molecule has 0 unspecified atom stereocenters. The average molecular weight is 269 g/mol. The van der Waals surface area contributed by atoms with Gasteiger partial charge < -0.3 is 0 Å². The van der Waals surface area contributed by atoms with Gasteiger partial charge in [-0.3, -0.25) is 0 Å². The number of hydrogen-bond acceptors (Lipinski definition) is 2. The highest BCUT2D eigenvalue weighted by atomic mass is 35.5. The number of alkyl halides is 1. The Bertz CT molecular complexity index is 704. The zero-order valence-electron chi connectivity index (χ0n) is 10.4. The second kappa shape index (κ2) is 5.37. The second-order valence-corrected chi connectivity index (χ2v) is 4.70. The first-order valence-corrected chi connectivity index (χ1v) is 6.78. The Morgan fingerprint density at radius 3 is 2.68 bits per heavy atom. The zero-order chi connectivity index (χ0) is 13.1. The van der Waals surface area contributed by atoms with Gasteiger partial charge in [0, 0.05) is 24.1 Å². The number of rotatable bonds is 3. The molecule has 0 aliphatic heterocycles. The van der Waals surface area contributed by atoms with Crippen LogP contribution in [-0.2, 0) is 6.42 Å². The Morgan fingerprint density at radius 1 is 0.947 bits per heavy atom. The van der Waals surface area contributed by atoms with Crippen molar-refractivity contribution in [2.24, 2.45) is 0 Å². The van der Waals surface area contributed by atoms with Crippen molar-refractivity contribution < 1.29 is 0 Å². The van der Waals surface area contributed by atoms with E-state index in [-0.39, 0.29) is 0 Å². The molecule has 0 amide bonds. The Morgan fingerprint density at radius 2 is 1.79 bits per heavy atom. The number of hydrogen-bond donors (Lipinski definition) is 0. The van der Waals surface area contributed by atoms with E-state index in [4.69, 9.17) is 11.6 Å². The predicted molar refractivity (Wildman–Crippen MR) is 79.4 cm³/mol. The Balaban J connectivity index is 2.16. The SMILES string of the molecule is ClCCc1nccc(-c2cccc3ccccc23)n1. The van der Waals surface area contributed by atoms with Crippen LogP contribution in [-0.4, -0.2) is 15.8 Å². The topological polar surface area (TPSA) is 25.8 Å². The molecule has 0 saturated carbocycles. The molecule has 3 aromatic rings. The lowest BCUT2D eigenvalue weighted by atomic mass is 10.0. The van der Waals surface area contributed by atoms with Gasteiger partial charge in [0.1, 0.15) is 5.82 Å². The third-order valence-electron chi connectivity index (χ3n) is 3.09. The van der Waals surface area contributed by atoms with E-state index in [2.05, 4.69) is 40.3 Å². The summed E-state index contributed by atoms with van der Waals surface area (Å²) in [5, 5.41) is 2.43. The van der Waals surface area contributed by atoms with Crippen LogP contribution in [0.4, 0.5) is 0 Å². The summed E-state index contributed by atoms with van der Waals surface area (Å²) >= 11 is 5.75. The molecule has 2 aromatic carbocycles. The van der Waals surface area contributed by atoms with Crippen molar-refractivity contribution in [3.05, 3.63) is 60.6 Å². The molecule has 0 aliphatic rings. The van der Waals surface area contributed by atoms with E-state index in [9.17, 15) is 0 Å². The van der Waals surface area contributed by atoms with Crippen LogP contribution in [0.3, 0.4) is 0 Å². The Hall–Kier alpha value is -1.93. The van der Waals surface area contributed by atoms with Gasteiger partial charge in [0.25, 0.3) is 0 Å². The summed E-state index contributed by atoms with van der Waals surface area (Å²) in [5.74, 6) is 1.33. The summed E-state index contributed by atoms with van der Waals surface area (Å²) in [6.07, 6.45) is 2.49. The summed E-state index contributed by atoms with van der Waals surface area (Å²) in [7, 11) is 0. The number of halogens is 1. The summed E-state index contributed by atoms with van der Waals surface area (Å²) in [6, 6.07) is 16.5. The highest BCUT2D eigenvalue weighted by molar-refractivity contribution is 6.17. The third-order valence-corrected chi connectivity index (χ3v) is 3.28. The fraction of sp³-hybridized carbons (Fsp3) is 0.125. The van der Waals surface area contributed by atoms with E-state index in [1.54, 1.807) is 6.20 Å². The van der Waals surface area contributed by atoms with E-state index < -0.39 is 0 Å². The van der Waals surface area contributed by atoms with Crippen molar-refractivity contribution in [2.75, 3.05) is 5.88 Å². The number of nitrogens with zero attached hydrogens (tertiary/aromatic N) is 2. The summed E-state index contributed by atoms with van der Waals surface area (Å²) in [4.78, 5) is 8.83. The van der Waals surface area contributed by atoms with Crippen LogP contribution in [0, 0.1) is 0 Å². The molecule has 0 radical (unpaired) electrons. The molecule has 1 heterocycles. The molecule has 0 aliphatic carbocycles. The Labute approximate surface area is 117 Å². The molecule has 2 nitrogen and oxygen atoms in total. The zero-order valence-corrected chi connectivity index (χ0v) is 11.1. The predicted octanol–water partition coefficient (Wildman–Crippen LogP) is 4.08. The van der Waals surface area contributed by atoms with E-state index in [0.717, 1.165) is 17.1 Å². The minimum absolute atomic E-state index is 0.541. The minimum atomic E-state index is 0.541. The van der Waals surface area contributed by atoms with Crippen molar-refractivity contribution in [3.63, 3.8) is 0 Å². The van der Waals surface area contributed by atoms with Crippen LogP contribution in [0.1, 0.15) is 5.82 Å². The molecular formula is C16H13ClN2. The van der Waals surface area contributed by atoms with E-state index in [0.29, 0.717) is 12.3 Å². The van der Waals surface area contributed by atoms with Crippen LogP contribution in [0.2, 0.25) is 0 Å². The highest BCUT2D eigenvalue weighted by Crippen LogP contribution is 2.26. The fourth-order valence-corrected chi connectivity index (χ4v) is 2.37. The molecule has 0 saturated heterocycles. The van der Waals surface area contributed by atoms with Crippen LogP contribution in [0.25, 0.3) is 22.0 Å². The van der Waals surface area contributed by atoms with Crippen molar-refractivity contribution in [1.82, 2.24) is 9.97 Å². The van der Waals surface area contributed by atoms with E-state index >= 15 is 0 Å². The maximum Gasteiger partial charge on any atom is 0.130 e. The Kier molecular flexibility index (Phi) is 3.43. The standard InChI is InChI=1S/C16H13ClN2/c17-10-8-16-18-11-9-15(19-16)14-7-3-5-12-4-1-2-6-13(12)14/h1-7,9,11H,8,10H2. The van der Waals surface area contributed by atoms with Crippen LogP contribution in [0.5, 0.6) is 0 Å². The molecule has 3 heteroatoms. The van der Waals surface area contributed by atoms with Crippen molar-refractivity contribution in [3.8, 4) is 11.3 Å². The average Bonchev–Trinajstić information content (AvgIpc) is 2.47. The van der Waals surface area contributed by atoms with Crippen molar-refractivity contribution in [2.45, 2.75) is 6.42 Å². The lowest BCUT2D eigenvalue weighted by Crippen LogP contribution is -1.97. The number of fused-ring (bicyclic) bond motifs is 1. The lowest BCUT2D eigenvalue weighted by Gasteiger charge is -2.07. The molecule has 0 spiro atoms. The van der Waals surface area contributed by atoms with Crippen LogP contribution < -0.4 is 0 Å². The summed E-state index contributed by atoms with van der Waals surface area (Å²) in [5.41, 5.74) is 2.09. The molecule has 19 heavy (non-hydrogen) atoms. The van der Waals surface area contributed by atoms with E-state index in [1.807, 2.05) is 18.2 Å². The van der Waals surface area contributed by atoms with Gasteiger partial charge in [0.05, 0.1) is 5.69 Å². The first kappa shape index (κ1) is 12.1. The first-order valence-electron chi connectivity index (χ1n) is 6.24. The van der Waals surface area contributed by atoms with Gasteiger partial charge in [-0.15, -0.1) is 11.6 Å². The number of aromatic nitrogens is 2. The minimum Gasteiger partial charge on any atom is -0.241 e. The molecule has 0 N–H and O–H groups in total. The highest BCUT2D eigenvalue weighted by Gasteiger charge is 2.05. The number of aryl methyl sites for hydroxylation is 1. The molecule has 3 rings (SSSR count). The van der Waals surface area contributed by atoms with Crippen molar-refractivity contribution in [1.29, 1.82) is 0 Å². The van der Waals surface area contributed by atoms with Gasteiger partial charge in [-0.05, 0) is 16.8 Å². The van der Waals surface area contributed by atoms with Gasteiger partial charge in [0.2, 0.25) is 0 Å². The molecule has 0 bridgehead atoms. The van der Waals surface area contributed by atoms with Gasteiger partial charge in [-0.1, -0.05) is 42.5 Å². The molecule has 1 aromatic heterocycles. The van der Waals surface area contributed by atoms with Gasteiger partial charge >= 0.3 is 0 Å². The summed E-state index contributed by atoms with van der Waals surface area (Å²) < 4.78 is 0. The van der Waals surface area contributed by atoms with Gasteiger partial charge in [-0.2, -0.15) is 0 Å². The fourth-order valence-electron chi connectivity index (χ4n) is 2.20. The maximum absolute atomic E-state index is 5.75. The van der Waals surface area contributed by atoms with Gasteiger partial charge in [0.15, 0.2) is 0 Å². The largest absolute Gasteiger partial charge is 0.241 e. The van der Waals surface area contributed by atoms with Crippen LogP contribution in [0.15, 0.2) is 54.7 Å². The molecular weight excluding hydrogens is 256 g/mol. The van der Waals surface area contributed by atoms with E-state index in [1.165, 1.54) is 10.8 Å². The number of benzene rings is 2. The van der Waals surface area contributed by atoms with Crippen LogP contribution >= 0.6 is 11.6 Å². The molecule has 0 atom stereocenters. The normalized spacial score (nSPS) is 10.8. The van der Waals surface area contributed by atoms with Gasteiger partial charge in [-0.25, -0.2) is 9.97 Å². The summed E-state index contributed by atoms with van der Waals surface area (Å²) in [6.45, 7) is 0. The quantitative estimate of drug-likeness (QED) is 0.669. The molecule has 0 fully saturated rings. The first-order chi connectivity index (χ1) is 9.38. The smallest absolute Gasteiger partial charge is 0.130 e.